The minimum Gasteiger partial charge on any atom is -0.467 e. The van der Waals surface area contributed by atoms with Crippen molar-refractivity contribution in [2.75, 3.05) is 17.5 Å². The van der Waals surface area contributed by atoms with Crippen molar-refractivity contribution in [2.45, 2.75) is 44.7 Å². The Hall–Kier alpha value is -3.76. The molecule has 11 heteroatoms. The summed E-state index contributed by atoms with van der Waals surface area (Å²) in [6.07, 6.45) is 3.22. The standard InChI is InChI=1S/C29H29ClN2O7S/c1-3-32(40(35,36)24-10-12-26-20(15-24)16-27(39-26)29(34)37-4-2)25-11-9-22(30)14-21(25)17-31(28(33)19-7-8-19)18-23-6-5-13-38-23/h5-6,9-16,19H,3-4,7-8,17-18H2,1-2H3. The number of rotatable bonds is 11. The Morgan fingerprint density at radius 3 is 2.52 bits per heavy atom. The van der Waals surface area contributed by atoms with E-state index in [4.69, 9.17) is 25.2 Å². The molecule has 0 N–H and O–H groups in total. The maximum absolute atomic E-state index is 14.0. The molecule has 1 saturated carbocycles. The first kappa shape index (κ1) is 27.8. The van der Waals surface area contributed by atoms with Crippen LogP contribution in [0.15, 0.2) is 74.6 Å². The molecule has 0 unspecified atom stereocenters. The summed E-state index contributed by atoms with van der Waals surface area (Å²) in [5, 5.41) is 0.881. The Labute approximate surface area is 237 Å². The van der Waals surface area contributed by atoms with Gasteiger partial charge in [0, 0.05) is 29.4 Å². The second-order valence-corrected chi connectivity index (χ2v) is 11.8. The van der Waals surface area contributed by atoms with Crippen molar-refractivity contribution >= 4 is 50.2 Å². The van der Waals surface area contributed by atoms with Gasteiger partial charge in [-0.25, -0.2) is 13.2 Å². The first-order valence-electron chi connectivity index (χ1n) is 13.0. The quantitative estimate of drug-likeness (QED) is 0.198. The zero-order valence-corrected chi connectivity index (χ0v) is 23.7. The highest BCUT2D eigenvalue weighted by atomic mass is 35.5. The molecule has 0 spiro atoms. The second-order valence-electron chi connectivity index (χ2n) is 9.52. The maximum atomic E-state index is 14.0. The molecule has 1 aliphatic carbocycles. The summed E-state index contributed by atoms with van der Waals surface area (Å²) in [6.45, 7) is 4.16. The number of esters is 1. The maximum Gasteiger partial charge on any atom is 0.374 e. The van der Waals surface area contributed by atoms with Crippen LogP contribution in [0.1, 0.15) is 48.6 Å². The molecular formula is C29H29ClN2O7S. The zero-order valence-electron chi connectivity index (χ0n) is 22.1. The topological polar surface area (TPSA) is 110 Å². The second kappa shape index (κ2) is 11.4. The van der Waals surface area contributed by atoms with Crippen molar-refractivity contribution in [1.29, 1.82) is 0 Å². The molecule has 40 heavy (non-hydrogen) atoms. The Morgan fingerprint density at radius 2 is 1.85 bits per heavy atom. The lowest BCUT2D eigenvalue weighted by Gasteiger charge is -2.28. The highest BCUT2D eigenvalue weighted by Crippen LogP contribution is 2.35. The van der Waals surface area contributed by atoms with Crippen LogP contribution < -0.4 is 4.31 Å². The van der Waals surface area contributed by atoms with Crippen molar-refractivity contribution in [3.05, 3.63) is 83.0 Å². The number of hydrogen-bond acceptors (Lipinski definition) is 7. The number of fused-ring (bicyclic) bond motifs is 1. The van der Waals surface area contributed by atoms with Gasteiger partial charge in [-0.1, -0.05) is 11.6 Å². The van der Waals surface area contributed by atoms with Crippen LogP contribution in [0.25, 0.3) is 11.0 Å². The highest BCUT2D eigenvalue weighted by Gasteiger charge is 2.35. The molecule has 0 aliphatic heterocycles. The third-order valence-corrected chi connectivity index (χ3v) is 8.80. The van der Waals surface area contributed by atoms with Crippen LogP contribution in [0.3, 0.4) is 0 Å². The van der Waals surface area contributed by atoms with Crippen LogP contribution in [-0.4, -0.2) is 38.3 Å². The number of furan rings is 2. The molecule has 5 rings (SSSR count). The van der Waals surface area contributed by atoms with E-state index in [2.05, 4.69) is 0 Å². The molecule has 1 amide bonds. The average molecular weight is 585 g/mol. The van der Waals surface area contributed by atoms with Gasteiger partial charge in [-0.15, -0.1) is 0 Å². The molecule has 210 valence electrons. The number of sulfonamides is 1. The highest BCUT2D eigenvalue weighted by molar-refractivity contribution is 7.92. The van der Waals surface area contributed by atoms with Crippen LogP contribution in [-0.2, 0) is 32.6 Å². The number of hydrogen-bond donors (Lipinski definition) is 0. The number of ether oxygens (including phenoxy) is 1. The van der Waals surface area contributed by atoms with Crippen LogP contribution in [0.4, 0.5) is 5.69 Å². The number of nitrogens with zero attached hydrogens (tertiary/aromatic N) is 2. The van der Waals surface area contributed by atoms with E-state index in [1.807, 2.05) is 0 Å². The van der Waals surface area contributed by atoms with E-state index in [-0.39, 0.29) is 48.7 Å². The molecule has 2 heterocycles. The van der Waals surface area contributed by atoms with E-state index in [9.17, 15) is 18.0 Å². The van der Waals surface area contributed by atoms with Gasteiger partial charge in [-0.3, -0.25) is 9.10 Å². The van der Waals surface area contributed by atoms with Crippen molar-refractivity contribution < 1.29 is 31.6 Å². The normalized spacial score (nSPS) is 13.4. The molecule has 2 aromatic heterocycles. The zero-order chi connectivity index (χ0) is 28.4. The molecule has 0 saturated heterocycles. The van der Waals surface area contributed by atoms with Gasteiger partial charge in [0.25, 0.3) is 10.0 Å². The van der Waals surface area contributed by atoms with E-state index in [1.165, 1.54) is 28.6 Å². The molecule has 0 atom stereocenters. The van der Waals surface area contributed by atoms with Gasteiger partial charge in [0.2, 0.25) is 11.7 Å². The van der Waals surface area contributed by atoms with E-state index < -0.39 is 16.0 Å². The van der Waals surface area contributed by atoms with E-state index in [0.29, 0.717) is 33.0 Å². The fourth-order valence-corrected chi connectivity index (χ4v) is 6.34. The Morgan fingerprint density at radius 1 is 1.05 bits per heavy atom. The summed E-state index contributed by atoms with van der Waals surface area (Å²) < 4.78 is 45.2. The van der Waals surface area contributed by atoms with Gasteiger partial charge < -0.3 is 18.5 Å². The van der Waals surface area contributed by atoms with Crippen molar-refractivity contribution in [1.82, 2.24) is 4.90 Å². The predicted octanol–water partition coefficient (Wildman–Crippen LogP) is 6.01. The number of anilines is 1. The summed E-state index contributed by atoms with van der Waals surface area (Å²) in [6, 6.07) is 14.4. The molecule has 4 aromatic rings. The Bertz CT molecular complexity index is 1640. The largest absolute Gasteiger partial charge is 0.467 e. The number of benzene rings is 2. The lowest BCUT2D eigenvalue weighted by Crippen LogP contribution is -2.34. The number of amides is 1. The van der Waals surface area contributed by atoms with Gasteiger partial charge in [0.05, 0.1) is 30.0 Å². The van der Waals surface area contributed by atoms with E-state index >= 15 is 0 Å². The van der Waals surface area contributed by atoms with Crippen LogP contribution in [0, 0.1) is 5.92 Å². The van der Waals surface area contributed by atoms with E-state index in [1.54, 1.807) is 55.3 Å². The lowest BCUT2D eigenvalue weighted by atomic mass is 10.1. The SMILES string of the molecule is CCOC(=O)c1cc2cc(S(=O)(=O)N(CC)c3ccc(Cl)cc3CN(Cc3ccco3)C(=O)C3CC3)ccc2o1. The molecule has 2 aromatic carbocycles. The smallest absolute Gasteiger partial charge is 0.374 e. The van der Waals surface area contributed by atoms with Gasteiger partial charge in [-0.05, 0) is 86.8 Å². The van der Waals surface area contributed by atoms with Gasteiger partial charge >= 0.3 is 5.97 Å². The number of carbonyl (C=O) groups is 2. The summed E-state index contributed by atoms with van der Waals surface area (Å²) >= 11 is 6.35. The predicted molar refractivity (Wildman–Crippen MR) is 150 cm³/mol. The Kier molecular flexibility index (Phi) is 7.91. The third-order valence-electron chi connectivity index (χ3n) is 6.68. The summed E-state index contributed by atoms with van der Waals surface area (Å²) in [7, 11) is -4.05. The fourth-order valence-electron chi connectivity index (χ4n) is 4.60. The molecular weight excluding hydrogens is 556 g/mol. The molecule has 1 aliphatic rings. The third kappa shape index (κ3) is 5.73. The van der Waals surface area contributed by atoms with Crippen molar-refractivity contribution in [3.63, 3.8) is 0 Å². The summed E-state index contributed by atoms with van der Waals surface area (Å²) in [5.74, 6) is -0.0337. The minimum absolute atomic E-state index is 0.00366. The van der Waals surface area contributed by atoms with Crippen LogP contribution >= 0.6 is 11.6 Å². The van der Waals surface area contributed by atoms with Gasteiger partial charge in [0.15, 0.2) is 0 Å². The van der Waals surface area contributed by atoms with Crippen molar-refractivity contribution in [2.24, 2.45) is 5.92 Å². The van der Waals surface area contributed by atoms with E-state index in [0.717, 1.165) is 12.8 Å². The van der Waals surface area contributed by atoms with Crippen LogP contribution in [0.5, 0.6) is 0 Å². The lowest BCUT2D eigenvalue weighted by molar-refractivity contribution is -0.134. The molecule has 0 radical (unpaired) electrons. The number of carbonyl (C=O) groups excluding carboxylic acids is 2. The first-order valence-corrected chi connectivity index (χ1v) is 14.9. The first-order chi connectivity index (χ1) is 19.2. The van der Waals surface area contributed by atoms with Gasteiger partial charge in [0.1, 0.15) is 11.3 Å². The van der Waals surface area contributed by atoms with Crippen molar-refractivity contribution in [3.8, 4) is 0 Å². The molecule has 1 fully saturated rings. The monoisotopic (exact) mass is 584 g/mol. The molecule has 0 bridgehead atoms. The summed E-state index contributed by atoms with van der Waals surface area (Å²) in [4.78, 5) is 27.0. The molecule has 9 nitrogen and oxygen atoms in total. The van der Waals surface area contributed by atoms with Crippen LogP contribution in [0.2, 0.25) is 5.02 Å². The fraction of sp³-hybridized carbons (Fsp3) is 0.310. The summed E-state index contributed by atoms with van der Waals surface area (Å²) in [5.41, 5.74) is 1.37. The minimum atomic E-state index is -4.05. The van der Waals surface area contributed by atoms with Gasteiger partial charge in [-0.2, -0.15) is 0 Å². The Balaban J connectivity index is 1.49. The number of halogens is 1. The average Bonchev–Trinajstić information content (AvgIpc) is 3.47.